The van der Waals surface area contributed by atoms with Crippen molar-refractivity contribution in [3.8, 4) is 0 Å². The van der Waals surface area contributed by atoms with Crippen molar-refractivity contribution in [3.05, 3.63) is 0 Å². The van der Waals surface area contributed by atoms with E-state index in [0.717, 1.165) is 12.4 Å². The van der Waals surface area contributed by atoms with Gasteiger partial charge >= 0.3 is 0 Å². The van der Waals surface area contributed by atoms with Crippen molar-refractivity contribution >= 4 is 11.7 Å². The van der Waals surface area contributed by atoms with Gasteiger partial charge in [-0.15, -0.1) is 0 Å². The normalized spacial score (nSPS) is 17.1. The number of nitrogens with zero attached hydrogens (tertiary/aromatic N) is 2. The van der Waals surface area contributed by atoms with Crippen LogP contribution >= 0.6 is 0 Å². The molecule has 1 heterocycles. The zero-order valence-corrected chi connectivity index (χ0v) is 9.21. The van der Waals surface area contributed by atoms with Crippen molar-refractivity contribution in [1.29, 1.82) is 0 Å². The van der Waals surface area contributed by atoms with E-state index in [1.165, 1.54) is 0 Å². The molecule has 1 aliphatic heterocycles. The lowest BCUT2D eigenvalue weighted by molar-refractivity contribution is -0.135. The topological polar surface area (TPSA) is 58.7 Å². The molecule has 0 fully saturated rings. The molecule has 1 rings (SSSR count). The quantitative estimate of drug-likeness (QED) is 0.705. The fourth-order valence-electron chi connectivity index (χ4n) is 1.46. The van der Waals surface area contributed by atoms with Crippen molar-refractivity contribution in [1.82, 2.24) is 4.90 Å². The Labute approximate surface area is 85.2 Å². The van der Waals surface area contributed by atoms with E-state index in [2.05, 4.69) is 4.99 Å². The predicted octanol–water partition coefficient (Wildman–Crippen LogP) is 0.622. The van der Waals surface area contributed by atoms with Crippen LogP contribution in [0.5, 0.6) is 0 Å². The molecule has 0 aliphatic carbocycles. The summed E-state index contributed by atoms with van der Waals surface area (Å²) in [6, 6.07) is 0. The van der Waals surface area contributed by atoms with E-state index < -0.39 is 0 Å². The van der Waals surface area contributed by atoms with Gasteiger partial charge in [0.15, 0.2) is 0 Å². The molecule has 0 spiro atoms. The van der Waals surface area contributed by atoms with E-state index in [1.54, 1.807) is 4.90 Å². The molecule has 0 radical (unpaired) electrons. The average Bonchev–Trinajstić information content (AvgIpc) is 2.50. The number of carbonyl (C=O) groups is 1. The summed E-state index contributed by atoms with van der Waals surface area (Å²) in [6.45, 7) is 7.75. The summed E-state index contributed by atoms with van der Waals surface area (Å²) in [7, 11) is 0. The van der Waals surface area contributed by atoms with Crippen LogP contribution in [0.15, 0.2) is 4.99 Å². The third kappa shape index (κ3) is 2.32. The highest BCUT2D eigenvalue weighted by Gasteiger charge is 2.31. The number of amides is 1. The van der Waals surface area contributed by atoms with Crippen LogP contribution in [0.1, 0.15) is 27.2 Å². The zero-order valence-electron chi connectivity index (χ0n) is 9.21. The molecule has 1 amide bonds. The first kappa shape index (κ1) is 11.2. The summed E-state index contributed by atoms with van der Waals surface area (Å²) in [5.41, 5.74) is 5.13. The van der Waals surface area contributed by atoms with Crippen molar-refractivity contribution in [3.63, 3.8) is 0 Å². The number of nitrogens with two attached hydrogens (primary N) is 1. The van der Waals surface area contributed by atoms with Gasteiger partial charge in [-0.05, 0) is 6.54 Å². The number of hydrogen-bond acceptors (Lipinski definition) is 3. The minimum absolute atomic E-state index is 0.141. The first-order valence-corrected chi connectivity index (χ1v) is 5.02. The molecule has 0 saturated heterocycles. The second-order valence-electron chi connectivity index (χ2n) is 4.54. The third-order valence-electron chi connectivity index (χ3n) is 2.18. The Balaban J connectivity index is 2.70. The molecule has 0 aromatic rings. The molecule has 2 N–H and O–H groups in total. The Morgan fingerprint density at radius 2 is 2.21 bits per heavy atom. The lowest BCUT2D eigenvalue weighted by Crippen LogP contribution is -2.42. The maximum absolute atomic E-state index is 12.0. The van der Waals surface area contributed by atoms with Gasteiger partial charge in [0.2, 0.25) is 5.91 Å². The average molecular weight is 197 g/mol. The van der Waals surface area contributed by atoms with E-state index in [1.807, 2.05) is 20.8 Å². The van der Waals surface area contributed by atoms with Crippen LogP contribution in [0.2, 0.25) is 0 Å². The number of hydrogen-bond donors (Lipinski definition) is 1. The summed E-state index contributed by atoms with van der Waals surface area (Å²) >= 11 is 0. The Morgan fingerprint density at radius 1 is 1.57 bits per heavy atom. The Kier molecular flexibility index (Phi) is 3.26. The molecular weight excluding hydrogens is 178 g/mol. The SMILES string of the molecule is CC(C)(C)C(=O)N1CCN=C1CCN. The maximum Gasteiger partial charge on any atom is 0.233 e. The van der Waals surface area contributed by atoms with Gasteiger partial charge in [0, 0.05) is 18.4 Å². The minimum atomic E-state index is -0.334. The zero-order chi connectivity index (χ0) is 10.8. The highest BCUT2D eigenvalue weighted by atomic mass is 16.2. The molecule has 14 heavy (non-hydrogen) atoms. The summed E-state index contributed by atoms with van der Waals surface area (Å²) in [4.78, 5) is 18.0. The van der Waals surface area contributed by atoms with Gasteiger partial charge < -0.3 is 5.73 Å². The molecule has 0 saturated carbocycles. The maximum atomic E-state index is 12.0. The van der Waals surface area contributed by atoms with Gasteiger partial charge in [-0.1, -0.05) is 20.8 Å². The largest absolute Gasteiger partial charge is 0.330 e. The Bertz CT molecular complexity index is 253. The molecule has 0 aromatic heterocycles. The van der Waals surface area contributed by atoms with Crippen LogP contribution in [0.25, 0.3) is 0 Å². The van der Waals surface area contributed by atoms with Crippen LogP contribution in [0, 0.1) is 5.41 Å². The fraction of sp³-hybridized carbons (Fsp3) is 0.800. The molecule has 0 atom stereocenters. The first-order chi connectivity index (χ1) is 6.46. The highest BCUT2D eigenvalue weighted by molar-refractivity contribution is 6.01. The van der Waals surface area contributed by atoms with Crippen molar-refractivity contribution in [2.75, 3.05) is 19.6 Å². The smallest absolute Gasteiger partial charge is 0.233 e. The van der Waals surface area contributed by atoms with Crippen LogP contribution in [-0.2, 0) is 4.79 Å². The molecule has 4 nitrogen and oxygen atoms in total. The molecule has 4 heteroatoms. The first-order valence-electron chi connectivity index (χ1n) is 5.02. The van der Waals surface area contributed by atoms with Gasteiger partial charge in [-0.3, -0.25) is 14.7 Å². The number of rotatable bonds is 2. The van der Waals surface area contributed by atoms with E-state index in [4.69, 9.17) is 5.73 Å². The summed E-state index contributed by atoms with van der Waals surface area (Å²) in [5.74, 6) is 0.995. The number of carbonyl (C=O) groups excluding carboxylic acids is 1. The molecular formula is C10H19N3O. The third-order valence-corrected chi connectivity index (χ3v) is 2.18. The minimum Gasteiger partial charge on any atom is -0.330 e. The fourth-order valence-corrected chi connectivity index (χ4v) is 1.46. The summed E-state index contributed by atoms with van der Waals surface area (Å²) < 4.78 is 0. The van der Waals surface area contributed by atoms with Gasteiger partial charge in [0.25, 0.3) is 0 Å². The van der Waals surface area contributed by atoms with Gasteiger partial charge in [0.1, 0.15) is 5.84 Å². The Hall–Kier alpha value is -0.900. The van der Waals surface area contributed by atoms with E-state index in [0.29, 0.717) is 19.5 Å². The van der Waals surface area contributed by atoms with Crippen LogP contribution in [-0.4, -0.2) is 36.3 Å². The van der Waals surface area contributed by atoms with Gasteiger partial charge in [-0.25, -0.2) is 0 Å². The van der Waals surface area contributed by atoms with Crippen LogP contribution in [0.3, 0.4) is 0 Å². The summed E-state index contributed by atoms with van der Waals surface area (Å²) in [6.07, 6.45) is 0.696. The van der Waals surface area contributed by atoms with Gasteiger partial charge in [0.05, 0.1) is 6.54 Å². The second-order valence-corrected chi connectivity index (χ2v) is 4.54. The lowest BCUT2D eigenvalue weighted by atomic mass is 9.94. The predicted molar refractivity (Wildman–Crippen MR) is 57.1 cm³/mol. The Morgan fingerprint density at radius 3 is 2.71 bits per heavy atom. The molecule has 1 aliphatic rings. The van der Waals surface area contributed by atoms with Crippen molar-refractivity contribution < 1.29 is 4.79 Å². The standard InChI is InChI=1S/C10H19N3O/c1-10(2,3)9(14)13-7-6-12-8(13)4-5-11/h4-7,11H2,1-3H3. The van der Waals surface area contributed by atoms with E-state index in [-0.39, 0.29) is 11.3 Å². The van der Waals surface area contributed by atoms with E-state index >= 15 is 0 Å². The number of amidine groups is 1. The van der Waals surface area contributed by atoms with Gasteiger partial charge in [-0.2, -0.15) is 0 Å². The van der Waals surface area contributed by atoms with Crippen LogP contribution in [0.4, 0.5) is 0 Å². The molecule has 80 valence electrons. The molecule has 0 aromatic carbocycles. The number of aliphatic imine (C=N–C) groups is 1. The lowest BCUT2D eigenvalue weighted by Gasteiger charge is -2.26. The monoisotopic (exact) mass is 197 g/mol. The highest BCUT2D eigenvalue weighted by Crippen LogP contribution is 2.20. The van der Waals surface area contributed by atoms with E-state index in [9.17, 15) is 4.79 Å². The van der Waals surface area contributed by atoms with Crippen LogP contribution < -0.4 is 5.73 Å². The molecule has 0 bridgehead atoms. The van der Waals surface area contributed by atoms with Crippen molar-refractivity contribution in [2.24, 2.45) is 16.1 Å². The summed E-state index contributed by atoms with van der Waals surface area (Å²) in [5, 5.41) is 0. The second kappa shape index (κ2) is 4.09. The molecule has 0 unspecified atom stereocenters. The van der Waals surface area contributed by atoms with Crippen molar-refractivity contribution in [2.45, 2.75) is 27.2 Å².